The summed E-state index contributed by atoms with van der Waals surface area (Å²) in [5, 5.41) is 0.239. The van der Waals surface area contributed by atoms with Crippen molar-refractivity contribution in [3.05, 3.63) is 0 Å². The van der Waals surface area contributed by atoms with Gasteiger partial charge in [0.05, 0.1) is 0 Å². The topological polar surface area (TPSA) is 26.3 Å². The summed E-state index contributed by atoms with van der Waals surface area (Å²) < 4.78 is 5.24. The van der Waals surface area contributed by atoms with Gasteiger partial charge in [-0.05, 0) is 5.04 Å². The van der Waals surface area contributed by atoms with E-state index in [0.717, 1.165) is 6.29 Å². The second kappa shape index (κ2) is 4.63. The zero-order valence-corrected chi connectivity index (χ0v) is 7.81. The number of hydrogen-bond acceptors (Lipinski definition) is 2. The molecule has 0 spiro atoms. The fourth-order valence-electron chi connectivity index (χ4n) is 0.375. The second-order valence-electron chi connectivity index (χ2n) is 3.16. The van der Waals surface area contributed by atoms with Crippen LogP contribution in [0, 0.1) is 0 Å². The van der Waals surface area contributed by atoms with E-state index in [-0.39, 0.29) is 5.04 Å². The van der Waals surface area contributed by atoms with E-state index >= 15 is 0 Å². The molecule has 0 saturated carbocycles. The lowest BCUT2D eigenvalue weighted by Gasteiger charge is -2.14. The molecule has 3 heteroatoms. The Labute approximate surface area is 64.9 Å². The van der Waals surface area contributed by atoms with Crippen molar-refractivity contribution in [2.75, 3.05) is 6.61 Å². The first-order chi connectivity index (χ1) is 4.56. The minimum atomic E-state index is 0.239. The lowest BCUT2D eigenvalue weighted by molar-refractivity contribution is -0.108. The zero-order chi connectivity index (χ0) is 8.04. The van der Waals surface area contributed by atoms with Crippen LogP contribution in [0.1, 0.15) is 27.2 Å². The Kier molecular flexibility index (Phi) is 4.56. The molecule has 0 bridgehead atoms. The first-order valence-corrected chi connectivity index (χ1v) is 4.29. The Morgan fingerprint density at radius 1 is 1.50 bits per heavy atom. The number of hydrogen-bond donors (Lipinski definition) is 0. The van der Waals surface area contributed by atoms with Gasteiger partial charge in [-0.1, -0.05) is 20.8 Å². The molecule has 0 aromatic rings. The predicted octanol–water partition coefficient (Wildman–Crippen LogP) is 1.43. The van der Waals surface area contributed by atoms with Gasteiger partial charge in [-0.3, -0.25) is 0 Å². The summed E-state index contributed by atoms with van der Waals surface area (Å²) in [5.74, 6) is 0. The lowest BCUT2D eigenvalue weighted by Crippen LogP contribution is -2.13. The first-order valence-electron chi connectivity index (χ1n) is 3.39. The Balaban J connectivity index is 3.12. The molecule has 2 nitrogen and oxygen atoms in total. The smallest absolute Gasteiger partial charge is 0.235 e. The van der Waals surface area contributed by atoms with Gasteiger partial charge in [-0.15, -0.1) is 0 Å². The predicted molar refractivity (Wildman–Crippen MR) is 42.1 cm³/mol. The van der Waals surface area contributed by atoms with E-state index in [4.69, 9.17) is 4.43 Å². The molecule has 0 aliphatic heterocycles. The lowest BCUT2D eigenvalue weighted by atomic mass is 10.3. The highest BCUT2D eigenvalue weighted by Gasteiger charge is 2.12. The molecule has 0 aliphatic carbocycles. The van der Waals surface area contributed by atoms with Gasteiger partial charge in [0.2, 0.25) is 9.76 Å². The van der Waals surface area contributed by atoms with Crippen molar-refractivity contribution >= 4 is 16.0 Å². The summed E-state index contributed by atoms with van der Waals surface area (Å²) in [7, 11) is 0.493. The van der Waals surface area contributed by atoms with Crippen molar-refractivity contribution in [1.82, 2.24) is 0 Å². The fraction of sp³-hybridized carbons (Fsp3) is 0.857. The van der Waals surface area contributed by atoms with Crippen molar-refractivity contribution in [2.24, 2.45) is 0 Å². The van der Waals surface area contributed by atoms with Gasteiger partial charge < -0.3 is 9.22 Å². The summed E-state index contributed by atoms with van der Waals surface area (Å²) in [4.78, 5) is 9.85. The molecule has 2 radical (unpaired) electrons. The van der Waals surface area contributed by atoms with E-state index in [0.29, 0.717) is 22.8 Å². The maximum atomic E-state index is 9.85. The molecule has 0 saturated heterocycles. The van der Waals surface area contributed by atoms with Gasteiger partial charge >= 0.3 is 0 Å². The molecular formula is C7H14O2Si. The molecule has 0 heterocycles. The highest BCUT2D eigenvalue weighted by atomic mass is 28.2. The van der Waals surface area contributed by atoms with Gasteiger partial charge in [-0.2, -0.15) is 0 Å². The Morgan fingerprint density at radius 3 is 2.50 bits per heavy atom. The van der Waals surface area contributed by atoms with Crippen molar-refractivity contribution in [2.45, 2.75) is 32.2 Å². The zero-order valence-electron chi connectivity index (χ0n) is 6.81. The molecule has 58 valence electrons. The van der Waals surface area contributed by atoms with Crippen LogP contribution >= 0.6 is 0 Å². The van der Waals surface area contributed by atoms with Crippen molar-refractivity contribution < 1.29 is 9.22 Å². The fourth-order valence-corrected chi connectivity index (χ4v) is 1.03. The van der Waals surface area contributed by atoms with Crippen LogP contribution in [0.4, 0.5) is 0 Å². The Morgan fingerprint density at radius 2 is 2.10 bits per heavy atom. The highest BCUT2D eigenvalue weighted by Crippen LogP contribution is 2.19. The monoisotopic (exact) mass is 158 g/mol. The second-order valence-corrected chi connectivity index (χ2v) is 5.15. The summed E-state index contributed by atoms with van der Waals surface area (Å²) in [6.07, 6.45) is 1.40. The third-order valence-corrected chi connectivity index (χ3v) is 1.68. The average molecular weight is 158 g/mol. The standard InChI is InChI=1S/C7H14O2Si/c1-7(2,3)10-9-6-4-5-8/h5H,4,6H2,1-3H3. The van der Waals surface area contributed by atoms with E-state index in [1.807, 2.05) is 0 Å². The molecule has 0 unspecified atom stereocenters. The summed E-state index contributed by atoms with van der Waals surface area (Å²) in [6, 6.07) is 0. The van der Waals surface area contributed by atoms with Crippen LogP contribution in [-0.4, -0.2) is 22.7 Å². The third-order valence-electron chi connectivity index (χ3n) is 0.716. The molecule has 0 aliphatic rings. The Hall–Kier alpha value is -0.153. The third kappa shape index (κ3) is 7.85. The maximum absolute atomic E-state index is 9.85. The van der Waals surface area contributed by atoms with Gasteiger partial charge in [0.15, 0.2) is 0 Å². The number of aldehydes is 1. The summed E-state index contributed by atoms with van der Waals surface area (Å²) in [5.41, 5.74) is 0. The molecule has 0 atom stereocenters. The highest BCUT2D eigenvalue weighted by molar-refractivity contribution is 6.31. The molecule has 0 rings (SSSR count). The average Bonchev–Trinajstić information content (AvgIpc) is 1.78. The SMILES string of the molecule is CC(C)(C)[Si]OCCC=O. The first kappa shape index (κ1) is 9.85. The molecule has 0 aromatic heterocycles. The normalized spacial score (nSPS) is 11.5. The molecule has 0 N–H and O–H groups in total. The van der Waals surface area contributed by atoms with Gasteiger partial charge in [0.25, 0.3) is 0 Å². The van der Waals surface area contributed by atoms with E-state index in [2.05, 4.69) is 20.8 Å². The van der Waals surface area contributed by atoms with Crippen LogP contribution < -0.4 is 0 Å². The minimum absolute atomic E-state index is 0.239. The van der Waals surface area contributed by atoms with E-state index in [1.165, 1.54) is 0 Å². The van der Waals surface area contributed by atoms with Gasteiger partial charge in [-0.25, -0.2) is 0 Å². The van der Waals surface area contributed by atoms with Crippen LogP contribution in [0.3, 0.4) is 0 Å². The van der Waals surface area contributed by atoms with Crippen LogP contribution in [0.2, 0.25) is 5.04 Å². The molecular weight excluding hydrogens is 144 g/mol. The summed E-state index contributed by atoms with van der Waals surface area (Å²) in [6.45, 7) is 6.92. The van der Waals surface area contributed by atoms with Gasteiger partial charge in [0, 0.05) is 13.0 Å². The van der Waals surface area contributed by atoms with Crippen LogP contribution in [0.15, 0.2) is 0 Å². The Bertz CT molecular complexity index is 96.3. The maximum Gasteiger partial charge on any atom is 0.235 e. The largest absolute Gasteiger partial charge is 0.416 e. The van der Waals surface area contributed by atoms with Crippen LogP contribution in [0.25, 0.3) is 0 Å². The number of carbonyl (C=O) groups excluding carboxylic acids is 1. The molecule has 0 aromatic carbocycles. The van der Waals surface area contributed by atoms with Crippen LogP contribution in [-0.2, 0) is 9.22 Å². The van der Waals surface area contributed by atoms with E-state index in [1.54, 1.807) is 0 Å². The van der Waals surface area contributed by atoms with Crippen molar-refractivity contribution in [3.63, 3.8) is 0 Å². The van der Waals surface area contributed by atoms with Crippen molar-refractivity contribution in [3.8, 4) is 0 Å². The molecule has 0 amide bonds. The van der Waals surface area contributed by atoms with Crippen LogP contribution in [0.5, 0.6) is 0 Å². The quantitative estimate of drug-likeness (QED) is 0.351. The van der Waals surface area contributed by atoms with E-state index < -0.39 is 0 Å². The van der Waals surface area contributed by atoms with E-state index in [9.17, 15) is 4.79 Å². The van der Waals surface area contributed by atoms with Crippen molar-refractivity contribution in [1.29, 1.82) is 0 Å². The molecule has 0 fully saturated rings. The number of carbonyl (C=O) groups is 1. The minimum Gasteiger partial charge on any atom is -0.416 e. The summed E-state index contributed by atoms with van der Waals surface area (Å²) >= 11 is 0. The van der Waals surface area contributed by atoms with Gasteiger partial charge in [0.1, 0.15) is 6.29 Å². The molecule has 10 heavy (non-hydrogen) atoms. The number of rotatable bonds is 4.